The Balaban J connectivity index is 3.16. The second-order valence-electron chi connectivity index (χ2n) is 2.78. The highest BCUT2D eigenvalue weighted by Crippen LogP contribution is 2.14. The van der Waals surface area contributed by atoms with E-state index in [-0.39, 0.29) is 4.90 Å². The third-order valence-corrected chi connectivity index (χ3v) is 2.51. The molecule has 1 aromatic rings. The van der Waals surface area contributed by atoms with Gasteiger partial charge in [0.25, 0.3) is 10.1 Å². The van der Waals surface area contributed by atoms with E-state index in [2.05, 4.69) is 6.58 Å². The minimum atomic E-state index is -4.07. The predicted octanol–water partition coefficient (Wildman–Crippen LogP) is 1.97. The van der Waals surface area contributed by atoms with Gasteiger partial charge in [-0.25, -0.2) is 0 Å². The highest BCUT2D eigenvalue weighted by atomic mass is 32.2. The summed E-state index contributed by atoms with van der Waals surface area (Å²) in [7, 11) is -4.07. The van der Waals surface area contributed by atoms with Gasteiger partial charge < -0.3 is 0 Å². The molecule has 0 unspecified atom stereocenters. The van der Waals surface area contributed by atoms with Gasteiger partial charge in [0, 0.05) is 0 Å². The molecular weight excluding hydrogens is 188 g/mol. The summed E-state index contributed by atoms with van der Waals surface area (Å²) in [5, 5.41) is 0. The largest absolute Gasteiger partial charge is 0.294 e. The van der Waals surface area contributed by atoms with Crippen molar-refractivity contribution >= 4 is 15.7 Å². The van der Waals surface area contributed by atoms with Crippen molar-refractivity contribution in [3.8, 4) is 0 Å². The Morgan fingerprint density at radius 3 is 2.08 bits per heavy atom. The molecule has 3 nitrogen and oxygen atoms in total. The van der Waals surface area contributed by atoms with Crippen LogP contribution >= 0.6 is 0 Å². The molecule has 70 valence electrons. The van der Waals surface area contributed by atoms with Crippen LogP contribution in [0.15, 0.2) is 35.7 Å². The molecule has 0 saturated carbocycles. The number of hydrogen-bond donors (Lipinski definition) is 1. The zero-order chi connectivity index (χ0) is 10.1. The zero-order valence-electron chi connectivity index (χ0n) is 7.19. The molecule has 1 aromatic carbocycles. The number of allylic oxidation sites excluding steroid dienone is 1. The fourth-order valence-corrected chi connectivity index (χ4v) is 1.39. The average Bonchev–Trinajstić information content (AvgIpc) is 2.03. The molecule has 0 bridgehead atoms. The van der Waals surface area contributed by atoms with E-state index in [1.807, 2.05) is 6.92 Å². The van der Waals surface area contributed by atoms with Crippen molar-refractivity contribution in [3.05, 3.63) is 36.4 Å². The Morgan fingerprint density at radius 1 is 1.31 bits per heavy atom. The van der Waals surface area contributed by atoms with Crippen molar-refractivity contribution in [1.29, 1.82) is 0 Å². The predicted molar refractivity (Wildman–Crippen MR) is 51.0 cm³/mol. The van der Waals surface area contributed by atoms with E-state index in [1.54, 1.807) is 12.1 Å². The number of rotatable bonds is 2. The Bertz CT molecular complexity index is 415. The van der Waals surface area contributed by atoms with E-state index in [0.717, 1.165) is 11.1 Å². The first kappa shape index (κ1) is 9.95. The molecule has 0 aliphatic heterocycles. The summed E-state index contributed by atoms with van der Waals surface area (Å²) in [6.45, 7) is 5.53. The van der Waals surface area contributed by atoms with Gasteiger partial charge in [-0.05, 0) is 24.6 Å². The third kappa shape index (κ3) is 2.40. The molecule has 13 heavy (non-hydrogen) atoms. The Labute approximate surface area is 77.5 Å². The molecule has 0 radical (unpaired) electrons. The third-order valence-electron chi connectivity index (χ3n) is 1.64. The van der Waals surface area contributed by atoms with E-state index < -0.39 is 10.1 Å². The summed E-state index contributed by atoms with van der Waals surface area (Å²) in [5.41, 5.74) is 1.70. The van der Waals surface area contributed by atoms with Crippen molar-refractivity contribution in [2.75, 3.05) is 0 Å². The van der Waals surface area contributed by atoms with Crippen LogP contribution in [0.3, 0.4) is 0 Å². The molecule has 0 amide bonds. The van der Waals surface area contributed by atoms with Crippen molar-refractivity contribution in [3.63, 3.8) is 0 Å². The molecule has 0 fully saturated rings. The summed E-state index contributed by atoms with van der Waals surface area (Å²) < 4.78 is 30.0. The molecule has 0 aliphatic carbocycles. The first-order chi connectivity index (χ1) is 5.91. The standard InChI is InChI=1S/C9H10O3S/c1-7(2)8-3-5-9(6-4-8)13(10,11)12/h3-6H,1H2,2H3,(H,10,11,12). The van der Waals surface area contributed by atoms with Crippen molar-refractivity contribution in [1.82, 2.24) is 0 Å². The lowest BCUT2D eigenvalue weighted by molar-refractivity contribution is 0.483. The van der Waals surface area contributed by atoms with Crippen LogP contribution in [0.1, 0.15) is 12.5 Å². The topological polar surface area (TPSA) is 54.4 Å². The summed E-state index contributed by atoms with van der Waals surface area (Å²) in [6, 6.07) is 5.90. The molecule has 4 heteroatoms. The fourth-order valence-electron chi connectivity index (χ4n) is 0.911. The van der Waals surface area contributed by atoms with Crippen molar-refractivity contribution in [2.24, 2.45) is 0 Å². The highest BCUT2D eigenvalue weighted by Gasteiger charge is 2.07. The number of hydrogen-bond acceptors (Lipinski definition) is 2. The van der Waals surface area contributed by atoms with Crippen LogP contribution in [0.2, 0.25) is 0 Å². The van der Waals surface area contributed by atoms with Crippen LogP contribution in [0.4, 0.5) is 0 Å². The molecular formula is C9H10O3S. The molecule has 0 saturated heterocycles. The summed E-state index contributed by atoms with van der Waals surface area (Å²) in [4.78, 5) is -0.0995. The van der Waals surface area contributed by atoms with Gasteiger partial charge in [-0.15, -0.1) is 0 Å². The summed E-state index contributed by atoms with van der Waals surface area (Å²) >= 11 is 0. The van der Waals surface area contributed by atoms with E-state index >= 15 is 0 Å². The first-order valence-corrected chi connectivity index (χ1v) is 5.09. The quantitative estimate of drug-likeness (QED) is 0.739. The first-order valence-electron chi connectivity index (χ1n) is 3.64. The molecule has 0 aromatic heterocycles. The lowest BCUT2D eigenvalue weighted by atomic mass is 10.1. The molecule has 1 rings (SSSR count). The second kappa shape index (κ2) is 3.32. The minimum absolute atomic E-state index is 0.0995. The number of benzene rings is 1. The molecule has 0 atom stereocenters. The maximum absolute atomic E-state index is 10.6. The van der Waals surface area contributed by atoms with Gasteiger partial charge in [-0.2, -0.15) is 8.42 Å². The molecule has 0 heterocycles. The van der Waals surface area contributed by atoms with Gasteiger partial charge in [-0.1, -0.05) is 24.3 Å². The van der Waals surface area contributed by atoms with Crippen LogP contribution in [0, 0.1) is 0 Å². The van der Waals surface area contributed by atoms with Crippen molar-refractivity contribution in [2.45, 2.75) is 11.8 Å². The fraction of sp³-hybridized carbons (Fsp3) is 0.111. The van der Waals surface area contributed by atoms with Crippen LogP contribution in [0.5, 0.6) is 0 Å². The lowest BCUT2D eigenvalue weighted by Gasteiger charge is -2.00. The molecule has 0 aliphatic rings. The maximum atomic E-state index is 10.6. The lowest BCUT2D eigenvalue weighted by Crippen LogP contribution is -1.97. The minimum Gasteiger partial charge on any atom is -0.282 e. The van der Waals surface area contributed by atoms with Gasteiger partial charge in [-0.3, -0.25) is 4.55 Å². The highest BCUT2D eigenvalue weighted by molar-refractivity contribution is 7.85. The van der Waals surface area contributed by atoms with E-state index in [9.17, 15) is 8.42 Å². The van der Waals surface area contributed by atoms with Gasteiger partial charge in [0.1, 0.15) is 0 Å². The van der Waals surface area contributed by atoms with Gasteiger partial charge in [0.2, 0.25) is 0 Å². The average molecular weight is 198 g/mol. The van der Waals surface area contributed by atoms with Gasteiger partial charge >= 0.3 is 0 Å². The van der Waals surface area contributed by atoms with Crippen LogP contribution in [0.25, 0.3) is 5.57 Å². The molecule has 0 spiro atoms. The Kier molecular flexibility index (Phi) is 2.54. The van der Waals surface area contributed by atoms with E-state index in [0.29, 0.717) is 0 Å². The van der Waals surface area contributed by atoms with E-state index in [4.69, 9.17) is 4.55 Å². The Hall–Kier alpha value is -1.13. The maximum Gasteiger partial charge on any atom is 0.294 e. The van der Waals surface area contributed by atoms with Gasteiger partial charge in [0.05, 0.1) is 4.90 Å². The smallest absolute Gasteiger partial charge is 0.282 e. The summed E-state index contributed by atoms with van der Waals surface area (Å²) in [5.74, 6) is 0. The normalized spacial score (nSPS) is 11.2. The Morgan fingerprint density at radius 2 is 1.77 bits per heavy atom. The zero-order valence-corrected chi connectivity index (χ0v) is 8.00. The second-order valence-corrected chi connectivity index (χ2v) is 4.20. The van der Waals surface area contributed by atoms with Crippen LogP contribution in [-0.2, 0) is 10.1 Å². The summed E-state index contributed by atoms with van der Waals surface area (Å²) in [6.07, 6.45) is 0. The van der Waals surface area contributed by atoms with Crippen molar-refractivity contribution < 1.29 is 13.0 Å². The van der Waals surface area contributed by atoms with Gasteiger partial charge in [0.15, 0.2) is 0 Å². The molecule has 1 N–H and O–H groups in total. The SMILES string of the molecule is C=C(C)c1ccc(S(=O)(=O)O)cc1. The monoisotopic (exact) mass is 198 g/mol. The van der Waals surface area contributed by atoms with E-state index in [1.165, 1.54) is 12.1 Å². The van der Waals surface area contributed by atoms with Crippen LogP contribution in [-0.4, -0.2) is 13.0 Å². The van der Waals surface area contributed by atoms with Crippen LogP contribution < -0.4 is 0 Å².